The molecular weight excluding hydrogens is 877 g/mol. The van der Waals surface area contributed by atoms with E-state index in [1.807, 2.05) is 18.2 Å². The van der Waals surface area contributed by atoms with E-state index in [0.29, 0.717) is 5.82 Å². The van der Waals surface area contributed by atoms with Crippen LogP contribution in [0.25, 0.3) is 133 Å². The summed E-state index contributed by atoms with van der Waals surface area (Å²) in [7, 11) is 0. The van der Waals surface area contributed by atoms with Crippen LogP contribution in [-0.2, 0) is 5.41 Å². The largest absolute Gasteiger partial charge is 0.456 e. The molecule has 0 aliphatic heterocycles. The quantitative estimate of drug-likeness (QED) is 0.167. The van der Waals surface area contributed by atoms with Gasteiger partial charge in [0.1, 0.15) is 11.2 Å². The first kappa shape index (κ1) is 40.6. The molecular formula is C67H44N4O. The van der Waals surface area contributed by atoms with Gasteiger partial charge in [0.15, 0.2) is 5.82 Å². The van der Waals surface area contributed by atoms with E-state index < -0.39 is 0 Å². The molecule has 72 heavy (non-hydrogen) atoms. The van der Waals surface area contributed by atoms with Gasteiger partial charge in [-0.3, -0.25) is 0 Å². The lowest BCUT2D eigenvalue weighted by Gasteiger charge is -2.22. The molecule has 0 fully saturated rings. The molecule has 1 aliphatic carbocycles. The van der Waals surface area contributed by atoms with Gasteiger partial charge in [-0.05, 0) is 112 Å². The Hall–Kier alpha value is -9.32. The second-order valence-electron chi connectivity index (χ2n) is 19.8. The number of aromatic nitrogens is 4. The van der Waals surface area contributed by atoms with Crippen LogP contribution in [-0.4, -0.2) is 19.1 Å². The lowest BCUT2D eigenvalue weighted by molar-refractivity contribution is 0.661. The summed E-state index contributed by atoms with van der Waals surface area (Å²) in [6, 6.07) is 83.0. The Labute approximate surface area is 415 Å². The highest BCUT2D eigenvalue weighted by Gasteiger charge is 2.37. The molecule has 0 bridgehead atoms. The lowest BCUT2D eigenvalue weighted by atomic mass is 9.82. The number of para-hydroxylation sites is 3. The molecule has 0 saturated heterocycles. The van der Waals surface area contributed by atoms with Crippen LogP contribution in [0.4, 0.5) is 0 Å². The number of rotatable bonds is 6. The zero-order chi connectivity index (χ0) is 47.7. The van der Waals surface area contributed by atoms with Crippen LogP contribution < -0.4 is 0 Å². The molecule has 14 aromatic rings. The highest BCUT2D eigenvalue weighted by atomic mass is 16.3. The number of hydrogen-bond acceptors (Lipinski definition) is 3. The van der Waals surface area contributed by atoms with Gasteiger partial charge >= 0.3 is 0 Å². The van der Waals surface area contributed by atoms with E-state index in [4.69, 9.17) is 14.4 Å². The van der Waals surface area contributed by atoms with Crippen LogP contribution >= 0.6 is 0 Å². The molecule has 0 spiro atoms. The molecule has 0 radical (unpaired) electrons. The molecule has 0 saturated carbocycles. The average Bonchev–Trinajstić information content (AvgIpc) is 4.14. The zero-order valence-corrected chi connectivity index (χ0v) is 39.6. The van der Waals surface area contributed by atoms with E-state index in [-0.39, 0.29) is 5.41 Å². The normalized spacial score (nSPS) is 13.0. The van der Waals surface area contributed by atoms with Gasteiger partial charge in [0.25, 0.3) is 0 Å². The van der Waals surface area contributed by atoms with E-state index in [0.717, 1.165) is 72.1 Å². The number of nitrogens with zero attached hydrogens (tertiary/aromatic N) is 4. The van der Waals surface area contributed by atoms with Crippen LogP contribution in [0, 0.1) is 0 Å². The summed E-state index contributed by atoms with van der Waals surface area (Å²) in [5.74, 6) is 0.670. The minimum atomic E-state index is -0.184. The van der Waals surface area contributed by atoms with Crippen molar-refractivity contribution in [3.8, 4) is 67.5 Å². The maximum Gasteiger partial charge on any atom is 0.160 e. The summed E-state index contributed by atoms with van der Waals surface area (Å²) >= 11 is 0. The second kappa shape index (κ2) is 15.3. The minimum absolute atomic E-state index is 0.184. The Kier molecular flexibility index (Phi) is 8.64. The summed E-state index contributed by atoms with van der Waals surface area (Å²) in [6.45, 7) is 4.76. The Morgan fingerprint density at radius 1 is 0.333 bits per heavy atom. The van der Waals surface area contributed by atoms with Crippen LogP contribution in [0.5, 0.6) is 0 Å². The molecule has 0 amide bonds. The molecule has 15 rings (SSSR count). The van der Waals surface area contributed by atoms with Gasteiger partial charge < -0.3 is 13.6 Å². The van der Waals surface area contributed by atoms with Crippen LogP contribution in [0.3, 0.4) is 0 Å². The monoisotopic (exact) mass is 920 g/mol. The van der Waals surface area contributed by atoms with Gasteiger partial charge in [-0.1, -0.05) is 159 Å². The van der Waals surface area contributed by atoms with Crippen molar-refractivity contribution in [1.82, 2.24) is 19.1 Å². The number of benzene rings is 10. The van der Waals surface area contributed by atoms with Gasteiger partial charge in [0.05, 0.1) is 33.5 Å². The van der Waals surface area contributed by atoms with Crippen LogP contribution in [0.1, 0.15) is 25.0 Å². The van der Waals surface area contributed by atoms with Crippen molar-refractivity contribution in [1.29, 1.82) is 0 Å². The third kappa shape index (κ3) is 6.07. The number of fused-ring (bicyclic) bond motifs is 12. The van der Waals surface area contributed by atoms with Crippen molar-refractivity contribution in [3.63, 3.8) is 0 Å². The zero-order valence-electron chi connectivity index (χ0n) is 39.6. The SMILES string of the molecule is CC1(C)c2ccc(-c3ccc4c(c3)c3cc5c(cc3n4-c3cccc(-c4nc(-c6ccccc6)cc(-c6ccccc6)n4)c3)oc3ccccc35)cc2-c2cc3c4ccccc4n(-c4ccccc4)c3cc21. The highest BCUT2D eigenvalue weighted by Crippen LogP contribution is 2.52. The third-order valence-electron chi connectivity index (χ3n) is 15.3. The molecule has 5 heteroatoms. The first-order chi connectivity index (χ1) is 35.4. The molecule has 5 nitrogen and oxygen atoms in total. The fraction of sp³-hybridized carbons (Fsp3) is 0.0448. The van der Waals surface area contributed by atoms with E-state index in [2.05, 4.69) is 235 Å². The predicted molar refractivity (Wildman–Crippen MR) is 297 cm³/mol. The van der Waals surface area contributed by atoms with Crippen molar-refractivity contribution in [3.05, 3.63) is 242 Å². The van der Waals surface area contributed by atoms with Crippen LogP contribution in [0.15, 0.2) is 235 Å². The third-order valence-corrected chi connectivity index (χ3v) is 15.3. The van der Waals surface area contributed by atoms with E-state index in [9.17, 15) is 0 Å². The van der Waals surface area contributed by atoms with Crippen LogP contribution in [0.2, 0.25) is 0 Å². The van der Waals surface area contributed by atoms with E-state index in [1.165, 1.54) is 66.3 Å². The van der Waals surface area contributed by atoms with Gasteiger partial charge in [-0.15, -0.1) is 0 Å². The summed E-state index contributed by atoms with van der Waals surface area (Å²) in [6.07, 6.45) is 0. The minimum Gasteiger partial charge on any atom is -0.456 e. The summed E-state index contributed by atoms with van der Waals surface area (Å²) in [5, 5.41) is 7.08. The molecule has 338 valence electrons. The molecule has 0 N–H and O–H groups in total. The lowest BCUT2D eigenvalue weighted by Crippen LogP contribution is -2.15. The second-order valence-corrected chi connectivity index (χ2v) is 19.8. The Morgan fingerprint density at radius 3 is 1.68 bits per heavy atom. The first-order valence-corrected chi connectivity index (χ1v) is 24.7. The Balaban J connectivity index is 0.908. The fourth-order valence-electron chi connectivity index (χ4n) is 11.8. The van der Waals surface area contributed by atoms with Crippen molar-refractivity contribution in [2.24, 2.45) is 0 Å². The van der Waals surface area contributed by atoms with E-state index in [1.54, 1.807) is 0 Å². The number of furan rings is 1. The maximum absolute atomic E-state index is 6.57. The van der Waals surface area contributed by atoms with Crippen molar-refractivity contribution >= 4 is 65.6 Å². The fourth-order valence-corrected chi connectivity index (χ4v) is 11.8. The molecule has 0 unspecified atom stereocenters. The Bertz CT molecular complexity index is 4460. The smallest absolute Gasteiger partial charge is 0.160 e. The molecule has 1 aliphatic rings. The van der Waals surface area contributed by atoms with Crippen molar-refractivity contribution < 1.29 is 4.42 Å². The van der Waals surface area contributed by atoms with E-state index >= 15 is 0 Å². The molecule has 10 aromatic carbocycles. The highest BCUT2D eigenvalue weighted by molar-refractivity contribution is 6.18. The summed E-state index contributed by atoms with van der Waals surface area (Å²) in [5.41, 5.74) is 20.8. The average molecular weight is 921 g/mol. The van der Waals surface area contributed by atoms with Gasteiger partial charge in [0.2, 0.25) is 0 Å². The van der Waals surface area contributed by atoms with Crippen molar-refractivity contribution in [2.45, 2.75) is 19.3 Å². The summed E-state index contributed by atoms with van der Waals surface area (Å²) in [4.78, 5) is 10.4. The van der Waals surface area contributed by atoms with Gasteiger partial charge in [0, 0.05) is 71.9 Å². The number of hydrogen-bond donors (Lipinski definition) is 0. The molecule has 4 aromatic heterocycles. The maximum atomic E-state index is 6.57. The van der Waals surface area contributed by atoms with Gasteiger partial charge in [-0.2, -0.15) is 0 Å². The molecule has 4 heterocycles. The van der Waals surface area contributed by atoms with Gasteiger partial charge in [-0.25, -0.2) is 9.97 Å². The standard InChI is InChI=1S/C67H44N4O/c1-67(2)56-31-29-43(34-50(56)51-36-53-48-25-12-14-27-60(48)70(62(53)38-57(51)67)46-22-10-5-11-23-46)44-30-32-61-52(35-44)54-37-55-49-26-13-15-28-64(49)72-65(55)40-63(54)71(61)47-24-16-21-45(33-47)66-68-58(41-17-6-3-7-18-41)39-59(69-66)42-19-8-4-9-20-42/h3-40H,1-2H3. The predicted octanol–water partition coefficient (Wildman–Crippen LogP) is 17.5. The first-order valence-electron chi connectivity index (χ1n) is 24.7. The Morgan fingerprint density at radius 2 is 0.903 bits per heavy atom. The summed E-state index contributed by atoms with van der Waals surface area (Å²) < 4.78 is 11.4. The topological polar surface area (TPSA) is 48.8 Å². The van der Waals surface area contributed by atoms with Crippen molar-refractivity contribution in [2.75, 3.05) is 0 Å². The molecule has 0 atom stereocenters.